The van der Waals surface area contributed by atoms with Crippen LogP contribution in [-0.4, -0.2) is 35.5 Å². The zero-order valence-corrected chi connectivity index (χ0v) is 12.0. The van der Waals surface area contributed by atoms with Crippen LogP contribution in [0.15, 0.2) is 12.4 Å². The van der Waals surface area contributed by atoms with Crippen molar-refractivity contribution in [2.45, 2.75) is 32.6 Å². The van der Waals surface area contributed by atoms with Crippen molar-refractivity contribution in [3.8, 4) is 0 Å². The molecule has 0 saturated carbocycles. The first-order valence-electron chi connectivity index (χ1n) is 7.28. The number of rotatable bonds is 5. The van der Waals surface area contributed by atoms with Crippen LogP contribution in [0.5, 0.6) is 0 Å². The summed E-state index contributed by atoms with van der Waals surface area (Å²) in [6, 6.07) is 0. The number of nitrogens with one attached hydrogen (secondary N) is 1. The molecule has 1 fully saturated rings. The van der Waals surface area contributed by atoms with Crippen molar-refractivity contribution in [1.29, 1.82) is 0 Å². The van der Waals surface area contributed by atoms with E-state index in [4.69, 9.17) is 5.73 Å². The molecule has 0 radical (unpaired) electrons. The first-order chi connectivity index (χ1) is 9.70. The largest absolute Gasteiger partial charge is 0.370 e. The Morgan fingerprint density at radius 3 is 2.95 bits per heavy atom. The Morgan fingerprint density at radius 1 is 1.40 bits per heavy atom. The van der Waals surface area contributed by atoms with E-state index in [-0.39, 0.29) is 5.91 Å². The van der Waals surface area contributed by atoms with Gasteiger partial charge in [0.05, 0.1) is 0 Å². The molecule has 0 aliphatic carbocycles. The number of aromatic nitrogens is 2. The minimum Gasteiger partial charge on any atom is -0.370 e. The highest BCUT2D eigenvalue weighted by molar-refractivity contribution is 5.74. The van der Waals surface area contributed by atoms with Crippen LogP contribution in [0, 0.1) is 5.92 Å². The van der Waals surface area contributed by atoms with Crippen molar-refractivity contribution in [1.82, 2.24) is 9.97 Å². The fraction of sp³-hybridized carbons (Fsp3) is 0.643. The Kier molecular flexibility index (Phi) is 5.15. The van der Waals surface area contributed by atoms with Crippen LogP contribution in [0.3, 0.4) is 0 Å². The summed E-state index contributed by atoms with van der Waals surface area (Å²) < 4.78 is 0. The SMILES string of the molecule is CCNc1nccnc1N1CCC[C@H](CC(N)=O)CC1. The van der Waals surface area contributed by atoms with E-state index in [2.05, 4.69) is 20.2 Å². The minimum absolute atomic E-state index is 0.198. The number of carbonyl (C=O) groups is 1. The summed E-state index contributed by atoms with van der Waals surface area (Å²) >= 11 is 0. The first-order valence-corrected chi connectivity index (χ1v) is 7.28. The average molecular weight is 277 g/mol. The first kappa shape index (κ1) is 14.6. The molecule has 1 atom stereocenters. The van der Waals surface area contributed by atoms with E-state index in [1.165, 1.54) is 0 Å². The minimum atomic E-state index is -0.198. The van der Waals surface area contributed by atoms with Crippen LogP contribution < -0.4 is 16.0 Å². The molecule has 20 heavy (non-hydrogen) atoms. The van der Waals surface area contributed by atoms with Gasteiger partial charge in [0.15, 0.2) is 11.6 Å². The quantitative estimate of drug-likeness (QED) is 0.849. The topological polar surface area (TPSA) is 84.1 Å². The van der Waals surface area contributed by atoms with E-state index in [1.807, 2.05) is 6.92 Å². The lowest BCUT2D eigenvalue weighted by atomic mass is 9.97. The second-order valence-corrected chi connectivity index (χ2v) is 5.21. The lowest BCUT2D eigenvalue weighted by Gasteiger charge is -2.23. The highest BCUT2D eigenvalue weighted by Crippen LogP contribution is 2.26. The predicted octanol–water partition coefficient (Wildman–Crippen LogP) is 1.39. The number of nitrogens with zero attached hydrogens (tertiary/aromatic N) is 3. The lowest BCUT2D eigenvalue weighted by molar-refractivity contribution is -0.118. The van der Waals surface area contributed by atoms with Crippen LogP contribution >= 0.6 is 0 Å². The van der Waals surface area contributed by atoms with Crippen LogP contribution in [0.4, 0.5) is 11.6 Å². The number of nitrogens with two attached hydrogens (primary N) is 1. The summed E-state index contributed by atoms with van der Waals surface area (Å²) in [6.45, 7) is 4.72. The van der Waals surface area contributed by atoms with Gasteiger partial charge >= 0.3 is 0 Å². The predicted molar refractivity (Wildman–Crippen MR) is 79.6 cm³/mol. The third kappa shape index (κ3) is 3.82. The molecule has 6 heteroatoms. The highest BCUT2D eigenvalue weighted by atomic mass is 16.1. The third-order valence-electron chi connectivity index (χ3n) is 3.66. The number of anilines is 2. The Labute approximate surface area is 119 Å². The Hall–Kier alpha value is -1.85. The maximum atomic E-state index is 11.0. The van der Waals surface area contributed by atoms with E-state index in [0.29, 0.717) is 12.3 Å². The molecule has 1 saturated heterocycles. The van der Waals surface area contributed by atoms with Crippen LogP contribution in [-0.2, 0) is 4.79 Å². The second-order valence-electron chi connectivity index (χ2n) is 5.21. The van der Waals surface area contributed by atoms with Gasteiger partial charge in [0.2, 0.25) is 5.91 Å². The summed E-state index contributed by atoms with van der Waals surface area (Å²) in [5.74, 6) is 1.95. The van der Waals surface area contributed by atoms with Gasteiger partial charge in [0.1, 0.15) is 0 Å². The van der Waals surface area contributed by atoms with Crippen molar-refractivity contribution in [3.05, 3.63) is 12.4 Å². The molecule has 1 aromatic heterocycles. The van der Waals surface area contributed by atoms with Crippen molar-refractivity contribution < 1.29 is 4.79 Å². The van der Waals surface area contributed by atoms with Gasteiger partial charge in [0, 0.05) is 38.4 Å². The normalized spacial score (nSPS) is 19.4. The molecule has 1 aliphatic heterocycles. The van der Waals surface area contributed by atoms with Crippen molar-refractivity contribution >= 4 is 17.5 Å². The molecule has 1 aromatic rings. The van der Waals surface area contributed by atoms with Crippen molar-refractivity contribution in [2.75, 3.05) is 29.9 Å². The van der Waals surface area contributed by atoms with Gasteiger partial charge in [0.25, 0.3) is 0 Å². The van der Waals surface area contributed by atoms with Crippen LogP contribution in [0.25, 0.3) is 0 Å². The molecule has 1 amide bonds. The van der Waals surface area contributed by atoms with E-state index < -0.39 is 0 Å². The Balaban J connectivity index is 2.04. The molecule has 1 aliphatic rings. The molecular weight excluding hydrogens is 254 g/mol. The molecule has 0 spiro atoms. The average Bonchev–Trinajstić information content (AvgIpc) is 2.65. The van der Waals surface area contributed by atoms with Crippen molar-refractivity contribution in [2.24, 2.45) is 11.7 Å². The highest BCUT2D eigenvalue weighted by Gasteiger charge is 2.21. The van der Waals surface area contributed by atoms with Gasteiger partial charge in [-0.25, -0.2) is 9.97 Å². The summed E-state index contributed by atoms with van der Waals surface area (Å²) in [6.07, 6.45) is 7.01. The maximum Gasteiger partial charge on any atom is 0.217 e. The van der Waals surface area contributed by atoms with Crippen LogP contribution in [0.1, 0.15) is 32.6 Å². The summed E-state index contributed by atoms with van der Waals surface area (Å²) in [5, 5.41) is 3.25. The monoisotopic (exact) mass is 277 g/mol. The molecule has 110 valence electrons. The zero-order chi connectivity index (χ0) is 14.4. The summed E-state index contributed by atoms with van der Waals surface area (Å²) in [4.78, 5) is 22.1. The smallest absolute Gasteiger partial charge is 0.217 e. The van der Waals surface area contributed by atoms with Gasteiger partial charge in [-0.3, -0.25) is 4.79 Å². The molecule has 0 bridgehead atoms. The number of hydrogen-bond acceptors (Lipinski definition) is 5. The number of carbonyl (C=O) groups excluding carboxylic acids is 1. The van der Waals surface area contributed by atoms with Gasteiger partial charge in [-0.05, 0) is 32.1 Å². The molecule has 0 unspecified atom stereocenters. The zero-order valence-electron chi connectivity index (χ0n) is 12.0. The van der Waals surface area contributed by atoms with E-state index in [1.54, 1.807) is 12.4 Å². The molecular formula is C14H23N5O. The van der Waals surface area contributed by atoms with Crippen molar-refractivity contribution in [3.63, 3.8) is 0 Å². The molecule has 2 rings (SSSR count). The fourth-order valence-corrected chi connectivity index (χ4v) is 2.72. The van der Waals surface area contributed by atoms with E-state index in [0.717, 1.165) is 50.5 Å². The van der Waals surface area contributed by atoms with E-state index in [9.17, 15) is 4.79 Å². The molecule has 3 N–H and O–H groups in total. The van der Waals surface area contributed by atoms with Crippen LogP contribution in [0.2, 0.25) is 0 Å². The number of hydrogen-bond donors (Lipinski definition) is 2. The van der Waals surface area contributed by atoms with Gasteiger partial charge in [-0.15, -0.1) is 0 Å². The summed E-state index contributed by atoms with van der Waals surface area (Å²) in [5.41, 5.74) is 5.30. The number of primary amides is 1. The van der Waals surface area contributed by atoms with Gasteiger partial charge in [-0.2, -0.15) is 0 Å². The molecule has 0 aromatic carbocycles. The maximum absolute atomic E-state index is 11.0. The van der Waals surface area contributed by atoms with E-state index >= 15 is 0 Å². The third-order valence-corrected chi connectivity index (χ3v) is 3.66. The standard InChI is InChI=1S/C14H23N5O/c1-2-16-13-14(18-7-6-17-13)19-8-3-4-11(5-9-19)10-12(15)20/h6-7,11H,2-5,8-10H2,1H3,(H2,15,20)(H,16,17)/t11-/m0/s1. The number of amides is 1. The molecule has 2 heterocycles. The van der Waals surface area contributed by atoms with Gasteiger partial charge < -0.3 is 16.0 Å². The lowest BCUT2D eigenvalue weighted by Crippen LogP contribution is -2.27. The second kappa shape index (κ2) is 7.07. The Bertz CT molecular complexity index is 451. The summed E-state index contributed by atoms with van der Waals surface area (Å²) in [7, 11) is 0. The van der Waals surface area contributed by atoms with Gasteiger partial charge in [-0.1, -0.05) is 0 Å². The Morgan fingerprint density at radius 2 is 2.20 bits per heavy atom. The fourth-order valence-electron chi connectivity index (χ4n) is 2.72. The molecule has 6 nitrogen and oxygen atoms in total.